The molecular formula is C11H7BrF2S. The summed E-state index contributed by atoms with van der Waals surface area (Å²) in [5.41, 5.74) is 0.0694. The summed E-state index contributed by atoms with van der Waals surface area (Å²) in [7, 11) is 0. The standard InChI is InChI=1S/C11H7BrF2S/c12-11(9-5-2-6-15-9)10-7(13)3-1-4-8(10)14/h1-6,11H. The molecule has 0 spiro atoms. The average Bonchev–Trinajstić information content (AvgIpc) is 2.69. The van der Waals surface area contributed by atoms with Crippen LogP contribution in [0.25, 0.3) is 0 Å². The zero-order valence-corrected chi connectivity index (χ0v) is 9.99. The topological polar surface area (TPSA) is 0 Å². The molecule has 1 aromatic carbocycles. The molecule has 0 N–H and O–H groups in total. The Kier molecular flexibility index (Phi) is 3.17. The van der Waals surface area contributed by atoms with E-state index < -0.39 is 16.5 Å². The van der Waals surface area contributed by atoms with Crippen LogP contribution in [-0.4, -0.2) is 0 Å². The Bertz CT molecular complexity index is 433. The van der Waals surface area contributed by atoms with Gasteiger partial charge in [-0.15, -0.1) is 11.3 Å². The highest BCUT2D eigenvalue weighted by atomic mass is 79.9. The fraction of sp³-hybridized carbons (Fsp3) is 0.0909. The van der Waals surface area contributed by atoms with Gasteiger partial charge in [0.1, 0.15) is 11.6 Å². The Hall–Kier alpha value is -0.740. The summed E-state index contributed by atoms with van der Waals surface area (Å²) in [5, 5.41) is 1.88. The Morgan fingerprint density at radius 2 is 1.73 bits per heavy atom. The predicted octanol–water partition coefficient (Wildman–Crippen LogP) is 4.51. The lowest BCUT2D eigenvalue weighted by Crippen LogP contribution is -1.98. The molecule has 1 aromatic heterocycles. The molecule has 15 heavy (non-hydrogen) atoms. The molecular weight excluding hydrogens is 282 g/mol. The van der Waals surface area contributed by atoms with E-state index >= 15 is 0 Å². The number of alkyl halides is 1. The molecule has 0 aliphatic heterocycles. The van der Waals surface area contributed by atoms with Crippen molar-refractivity contribution in [2.24, 2.45) is 0 Å². The normalized spacial score (nSPS) is 12.7. The summed E-state index contributed by atoms with van der Waals surface area (Å²) in [4.78, 5) is 0.470. The molecule has 1 atom stereocenters. The van der Waals surface area contributed by atoms with E-state index in [1.54, 1.807) is 0 Å². The fourth-order valence-electron chi connectivity index (χ4n) is 1.33. The molecule has 0 saturated carbocycles. The molecule has 0 radical (unpaired) electrons. The summed E-state index contributed by atoms with van der Waals surface area (Å²) in [5.74, 6) is -1.05. The van der Waals surface area contributed by atoms with Gasteiger partial charge in [0, 0.05) is 10.4 Å². The lowest BCUT2D eigenvalue weighted by Gasteiger charge is -2.10. The van der Waals surface area contributed by atoms with Gasteiger partial charge in [0.05, 0.1) is 4.83 Å². The second-order valence-electron chi connectivity index (χ2n) is 3.01. The molecule has 0 amide bonds. The molecule has 0 nitrogen and oxygen atoms in total. The second kappa shape index (κ2) is 4.41. The van der Waals surface area contributed by atoms with Crippen molar-refractivity contribution in [2.45, 2.75) is 4.83 Å². The molecule has 1 unspecified atom stereocenters. The number of thiophene rings is 1. The van der Waals surface area contributed by atoms with Gasteiger partial charge in [0.25, 0.3) is 0 Å². The minimum atomic E-state index is -0.523. The van der Waals surface area contributed by atoms with Crippen LogP contribution >= 0.6 is 27.3 Å². The molecule has 0 bridgehead atoms. The molecule has 2 rings (SSSR count). The first-order valence-corrected chi connectivity index (χ1v) is 6.11. The SMILES string of the molecule is Fc1cccc(F)c1C(Br)c1cccs1. The van der Waals surface area contributed by atoms with Gasteiger partial charge in [-0.25, -0.2) is 8.78 Å². The lowest BCUT2D eigenvalue weighted by molar-refractivity contribution is 0.561. The van der Waals surface area contributed by atoms with Crippen LogP contribution in [0.3, 0.4) is 0 Å². The van der Waals surface area contributed by atoms with Crippen molar-refractivity contribution in [3.8, 4) is 0 Å². The van der Waals surface area contributed by atoms with Crippen LogP contribution < -0.4 is 0 Å². The number of rotatable bonds is 2. The molecule has 0 saturated heterocycles. The highest BCUT2D eigenvalue weighted by Gasteiger charge is 2.19. The summed E-state index contributed by atoms with van der Waals surface area (Å²) in [6.07, 6.45) is 0. The van der Waals surface area contributed by atoms with Crippen molar-refractivity contribution in [1.29, 1.82) is 0 Å². The van der Waals surface area contributed by atoms with Gasteiger partial charge in [-0.3, -0.25) is 0 Å². The first kappa shape index (κ1) is 10.8. The van der Waals surface area contributed by atoms with Gasteiger partial charge < -0.3 is 0 Å². The zero-order valence-electron chi connectivity index (χ0n) is 7.58. The van der Waals surface area contributed by atoms with E-state index in [9.17, 15) is 8.78 Å². The Labute approximate surface area is 98.7 Å². The summed E-state index contributed by atoms with van der Waals surface area (Å²) >= 11 is 4.77. The van der Waals surface area contributed by atoms with E-state index in [-0.39, 0.29) is 5.56 Å². The molecule has 78 valence electrons. The summed E-state index contributed by atoms with van der Waals surface area (Å²) in [6, 6.07) is 7.59. The smallest absolute Gasteiger partial charge is 0.130 e. The predicted molar refractivity (Wildman–Crippen MR) is 61.4 cm³/mol. The third-order valence-corrected chi connectivity index (χ3v) is 4.24. The van der Waals surface area contributed by atoms with Crippen molar-refractivity contribution in [2.75, 3.05) is 0 Å². The number of hydrogen-bond acceptors (Lipinski definition) is 1. The summed E-state index contributed by atoms with van der Waals surface area (Å²) < 4.78 is 26.9. The highest BCUT2D eigenvalue weighted by molar-refractivity contribution is 9.09. The van der Waals surface area contributed by atoms with Gasteiger partial charge in [-0.1, -0.05) is 28.1 Å². The number of halogens is 3. The van der Waals surface area contributed by atoms with Crippen molar-refractivity contribution in [3.05, 3.63) is 57.8 Å². The Morgan fingerprint density at radius 1 is 1.07 bits per heavy atom. The van der Waals surface area contributed by atoms with E-state index in [4.69, 9.17) is 0 Å². The van der Waals surface area contributed by atoms with E-state index in [1.165, 1.54) is 29.5 Å². The van der Waals surface area contributed by atoms with Gasteiger partial charge >= 0.3 is 0 Å². The van der Waals surface area contributed by atoms with E-state index in [1.807, 2.05) is 17.5 Å². The van der Waals surface area contributed by atoms with Crippen LogP contribution in [0.5, 0.6) is 0 Å². The van der Waals surface area contributed by atoms with Gasteiger partial charge in [-0.05, 0) is 23.6 Å². The zero-order chi connectivity index (χ0) is 10.8. The van der Waals surface area contributed by atoms with Crippen molar-refractivity contribution in [3.63, 3.8) is 0 Å². The molecule has 0 fully saturated rings. The van der Waals surface area contributed by atoms with Gasteiger partial charge in [-0.2, -0.15) is 0 Å². The largest absolute Gasteiger partial charge is 0.207 e. The number of hydrogen-bond donors (Lipinski definition) is 0. The minimum absolute atomic E-state index is 0.0694. The van der Waals surface area contributed by atoms with Gasteiger partial charge in [0.2, 0.25) is 0 Å². The van der Waals surface area contributed by atoms with Crippen LogP contribution in [0.15, 0.2) is 35.7 Å². The quantitative estimate of drug-likeness (QED) is 0.713. The molecule has 2 aromatic rings. The first-order chi connectivity index (χ1) is 7.20. The van der Waals surface area contributed by atoms with Crippen LogP contribution in [0.2, 0.25) is 0 Å². The minimum Gasteiger partial charge on any atom is -0.207 e. The number of benzene rings is 1. The van der Waals surface area contributed by atoms with Gasteiger partial charge in [0.15, 0.2) is 0 Å². The Balaban J connectivity index is 2.46. The van der Waals surface area contributed by atoms with Crippen molar-refractivity contribution < 1.29 is 8.78 Å². The van der Waals surface area contributed by atoms with E-state index in [2.05, 4.69) is 15.9 Å². The van der Waals surface area contributed by atoms with E-state index in [0.717, 1.165) is 4.88 Å². The second-order valence-corrected chi connectivity index (χ2v) is 4.91. The fourth-order valence-corrected chi connectivity index (χ4v) is 2.95. The van der Waals surface area contributed by atoms with Crippen molar-refractivity contribution >= 4 is 27.3 Å². The third kappa shape index (κ3) is 2.11. The molecule has 0 aliphatic rings. The van der Waals surface area contributed by atoms with Crippen LogP contribution in [0, 0.1) is 11.6 Å². The Morgan fingerprint density at radius 3 is 2.27 bits per heavy atom. The first-order valence-electron chi connectivity index (χ1n) is 4.31. The monoisotopic (exact) mass is 288 g/mol. The van der Waals surface area contributed by atoms with Crippen LogP contribution in [0.4, 0.5) is 8.78 Å². The maximum Gasteiger partial charge on any atom is 0.130 e. The molecule has 0 aliphatic carbocycles. The highest BCUT2D eigenvalue weighted by Crippen LogP contribution is 2.36. The molecule has 1 heterocycles. The van der Waals surface area contributed by atoms with E-state index in [0.29, 0.717) is 0 Å². The molecule has 4 heteroatoms. The summed E-state index contributed by atoms with van der Waals surface area (Å²) in [6.45, 7) is 0. The van der Waals surface area contributed by atoms with Crippen LogP contribution in [0.1, 0.15) is 15.3 Å². The average molecular weight is 289 g/mol. The lowest BCUT2D eigenvalue weighted by atomic mass is 10.1. The van der Waals surface area contributed by atoms with Crippen molar-refractivity contribution in [1.82, 2.24) is 0 Å². The van der Waals surface area contributed by atoms with Crippen LogP contribution in [-0.2, 0) is 0 Å². The third-order valence-electron chi connectivity index (χ3n) is 2.05. The maximum atomic E-state index is 13.4. The maximum absolute atomic E-state index is 13.4.